The highest BCUT2D eigenvalue weighted by Gasteiger charge is 2.45. The van der Waals surface area contributed by atoms with Crippen LogP contribution in [0.1, 0.15) is 19.7 Å². The molecule has 0 aliphatic carbocycles. The Morgan fingerprint density at radius 2 is 2.08 bits per heavy atom. The molecular weight excluding hydrogens is 337 g/mol. The Kier molecular flexibility index (Phi) is 3.85. The van der Waals surface area contributed by atoms with Crippen molar-refractivity contribution in [3.8, 4) is 0 Å². The van der Waals surface area contributed by atoms with Gasteiger partial charge < -0.3 is 18.9 Å². The van der Waals surface area contributed by atoms with Gasteiger partial charge in [0.15, 0.2) is 22.8 Å². The van der Waals surface area contributed by atoms with Crippen LogP contribution in [0.25, 0.3) is 11.2 Å². The lowest BCUT2D eigenvalue weighted by atomic mass is 10.0. The van der Waals surface area contributed by atoms with E-state index >= 15 is 0 Å². The number of ether oxygens (including phenoxy) is 2. The molecule has 0 bridgehead atoms. The highest BCUT2D eigenvalue weighted by molar-refractivity contribution is 6.28. The van der Waals surface area contributed by atoms with Crippen LogP contribution in [0.3, 0.4) is 0 Å². The number of fused-ring (bicyclic) bond motifs is 1. The monoisotopic (exact) mass is 355 g/mol. The van der Waals surface area contributed by atoms with Gasteiger partial charge in [-0.25, -0.2) is 9.37 Å². The molecule has 4 rings (SSSR count). The number of rotatable bonds is 3. The lowest BCUT2D eigenvalue weighted by Crippen LogP contribution is -2.45. The van der Waals surface area contributed by atoms with E-state index in [1.807, 2.05) is 6.92 Å². The molecule has 0 saturated carbocycles. The van der Waals surface area contributed by atoms with E-state index in [9.17, 15) is 4.39 Å². The van der Waals surface area contributed by atoms with Gasteiger partial charge in [-0.05, 0) is 25.4 Å². The van der Waals surface area contributed by atoms with Crippen LogP contribution in [0.5, 0.6) is 0 Å². The predicted octanol–water partition coefficient (Wildman–Crippen LogP) is 1.92. The molecule has 24 heavy (non-hydrogen) atoms. The van der Waals surface area contributed by atoms with Crippen molar-refractivity contribution in [3.05, 3.63) is 11.1 Å². The fourth-order valence-electron chi connectivity index (χ4n) is 3.25. The second-order valence-corrected chi connectivity index (χ2v) is 6.58. The zero-order valence-electron chi connectivity index (χ0n) is 13.6. The van der Waals surface area contributed by atoms with Crippen molar-refractivity contribution in [2.24, 2.45) is 0 Å². The van der Waals surface area contributed by atoms with Crippen molar-refractivity contribution < 1.29 is 13.9 Å². The number of morpholine rings is 1. The number of anilines is 1. The highest BCUT2D eigenvalue weighted by atomic mass is 35.5. The first kappa shape index (κ1) is 16.0. The zero-order chi connectivity index (χ0) is 16.9. The molecule has 130 valence electrons. The zero-order valence-corrected chi connectivity index (χ0v) is 14.4. The highest BCUT2D eigenvalue weighted by Crippen LogP contribution is 2.37. The van der Waals surface area contributed by atoms with Crippen LogP contribution in [0, 0.1) is 0 Å². The van der Waals surface area contributed by atoms with E-state index in [-0.39, 0.29) is 24.5 Å². The van der Waals surface area contributed by atoms with Crippen molar-refractivity contribution in [2.45, 2.75) is 32.1 Å². The first-order chi connectivity index (χ1) is 11.5. The average molecular weight is 356 g/mol. The molecule has 4 heterocycles. The van der Waals surface area contributed by atoms with Crippen molar-refractivity contribution in [2.75, 3.05) is 37.9 Å². The van der Waals surface area contributed by atoms with Crippen molar-refractivity contribution >= 4 is 28.6 Å². The fourth-order valence-corrected chi connectivity index (χ4v) is 3.41. The third-order valence-electron chi connectivity index (χ3n) is 4.57. The third kappa shape index (κ3) is 2.35. The molecule has 1 atom stereocenters. The Morgan fingerprint density at radius 3 is 2.71 bits per heavy atom. The number of nitrogens with zero attached hydrogens (tertiary/aromatic N) is 5. The summed E-state index contributed by atoms with van der Waals surface area (Å²) < 4.78 is 27.3. The Hall–Kier alpha value is -1.51. The maximum absolute atomic E-state index is 15.0. The van der Waals surface area contributed by atoms with Crippen LogP contribution in [0.15, 0.2) is 0 Å². The summed E-state index contributed by atoms with van der Waals surface area (Å²) in [6, 6.07) is 0.134. The standard InChI is InChI=1S/C15H19ClFN5O2/c1-3-21-11-10(18-13(21)15(17)7-24-8-15)12(20-14(16)19-11)22-4-5-23-6-9(22)2/h9H,3-8H2,1-2H3. The number of aromatic nitrogens is 4. The van der Waals surface area contributed by atoms with Gasteiger partial charge in [0.05, 0.1) is 32.5 Å². The SMILES string of the molecule is CCn1c(C2(F)COC2)nc2c(N3CCOCC3C)nc(Cl)nc21. The number of alkyl halides is 1. The normalized spacial score (nSPS) is 23.5. The summed E-state index contributed by atoms with van der Waals surface area (Å²) in [5.74, 6) is 0.975. The first-order valence-electron chi connectivity index (χ1n) is 8.09. The average Bonchev–Trinajstić information content (AvgIpc) is 2.91. The van der Waals surface area contributed by atoms with E-state index in [1.54, 1.807) is 4.57 Å². The number of hydrogen-bond acceptors (Lipinski definition) is 6. The largest absolute Gasteiger partial charge is 0.377 e. The van der Waals surface area contributed by atoms with Crippen LogP contribution < -0.4 is 4.90 Å². The van der Waals surface area contributed by atoms with Crippen molar-refractivity contribution in [1.82, 2.24) is 19.5 Å². The molecule has 0 spiro atoms. The summed E-state index contributed by atoms with van der Waals surface area (Å²) in [7, 11) is 0. The molecule has 2 aromatic heterocycles. The van der Waals surface area contributed by atoms with Crippen molar-refractivity contribution in [3.63, 3.8) is 0 Å². The van der Waals surface area contributed by atoms with Crippen molar-refractivity contribution in [1.29, 1.82) is 0 Å². The molecule has 2 aromatic rings. The van der Waals surface area contributed by atoms with Gasteiger partial charge in [-0.1, -0.05) is 0 Å². The van der Waals surface area contributed by atoms with E-state index in [0.29, 0.717) is 49.1 Å². The Bertz CT molecular complexity index is 779. The molecule has 7 nitrogen and oxygen atoms in total. The maximum Gasteiger partial charge on any atom is 0.226 e. The number of halogens is 2. The second kappa shape index (κ2) is 5.79. The molecule has 2 aliphatic rings. The van der Waals surface area contributed by atoms with E-state index in [2.05, 4.69) is 26.8 Å². The smallest absolute Gasteiger partial charge is 0.226 e. The second-order valence-electron chi connectivity index (χ2n) is 6.24. The van der Waals surface area contributed by atoms with Gasteiger partial charge >= 0.3 is 0 Å². The molecule has 2 saturated heterocycles. The fraction of sp³-hybridized carbons (Fsp3) is 0.667. The summed E-state index contributed by atoms with van der Waals surface area (Å²) in [6.45, 7) is 6.45. The molecule has 0 amide bonds. The minimum absolute atomic E-state index is 0.0147. The molecule has 0 radical (unpaired) electrons. The molecule has 2 fully saturated rings. The summed E-state index contributed by atoms with van der Waals surface area (Å²) in [4.78, 5) is 15.4. The quantitative estimate of drug-likeness (QED) is 0.784. The Morgan fingerprint density at radius 1 is 1.29 bits per heavy atom. The molecule has 0 aromatic carbocycles. The van der Waals surface area contributed by atoms with Crippen LogP contribution in [-0.4, -0.2) is 58.5 Å². The van der Waals surface area contributed by atoms with Crippen LogP contribution in [-0.2, 0) is 21.7 Å². The van der Waals surface area contributed by atoms with E-state index < -0.39 is 5.67 Å². The Balaban J connectivity index is 1.91. The molecule has 1 unspecified atom stereocenters. The van der Waals surface area contributed by atoms with E-state index in [4.69, 9.17) is 21.1 Å². The van der Waals surface area contributed by atoms with Crippen LogP contribution in [0.2, 0.25) is 5.28 Å². The summed E-state index contributed by atoms with van der Waals surface area (Å²) in [5, 5.41) is 0.134. The maximum atomic E-state index is 15.0. The molecule has 9 heteroatoms. The topological polar surface area (TPSA) is 65.3 Å². The summed E-state index contributed by atoms with van der Waals surface area (Å²) in [6.07, 6.45) is 0. The van der Waals surface area contributed by atoms with E-state index in [1.165, 1.54) is 0 Å². The van der Waals surface area contributed by atoms with Gasteiger partial charge in [0.25, 0.3) is 0 Å². The van der Waals surface area contributed by atoms with Crippen LogP contribution >= 0.6 is 11.6 Å². The third-order valence-corrected chi connectivity index (χ3v) is 4.74. The van der Waals surface area contributed by atoms with Gasteiger partial charge in [0.2, 0.25) is 11.0 Å². The van der Waals surface area contributed by atoms with Gasteiger partial charge in [-0.3, -0.25) is 0 Å². The molecule has 0 N–H and O–H groups in total. The number of aryl methyl sites for hydroxylation is 1. The lowest BCUT2D eigenvalue weighted by Gasteiger charge is -2.34. The first-order valence-corrected chi connectivity index (χ1v) is 8.46. The Labute approximate surface area is 143 Å². The molecule has 2 aliphatic heterocycles. The van der Waals surface area contributed by atoms with E-state index in [0.717, 1.165) is 0 Å². The van der Waals surface area contributed by atoms with Crippen LogP contribution in [0.4, 0.5) is 10.2 Å². The van der Waals surface area contributed by atoms with Gasteiger partial charge in [0.1, 0.15) is 0 Å². The van der Waals surface area contributed by atoms with Gasteiger partial charge in [0, 0.05) is 13.1 Å². The van der Waals surface area contributed by atoms with Gasteiger partial charge in [-0.15, -0.1) is 0 Å². The molecular formula is C15H19ClFN5O2. The minimum atomic E-state index is -1.57. The number of imidazole rings is 1. The van der Waals surface area contributed by atoms with Gasteiger partial charge in [-0.2, -0.15) is 9.97 Å². The lowest BCUT2D eigenvalue weighted by molar-refractivity contribution is -0.141. The summed E-state index contributed by atoms with van der Waals surface area (Å²) >= 11 is 6.15. The minimum Gasteiger partial charge on any atom is -0.377 e. The predicted molar refractivity (Wildman–Crippen MR) is 87.2 cm³/mol. The number of hydrogen-bond donors (Lipinski definition) is 0. The summed E-state index contributed by atoms with van der Waals surface area (Å²) in [5.41, 5.74) is -0.434.